The van der Waals surface area contributed by atoms with E-state index in [4.69, 9.17) is 23.2 Å². The number of fused-ring (bicyclic) bond motifs is 1. The van der Waals surface area contributed by atoms with Gasteiger partial charge in [0, 0.05) is 6.07 Å². The maximum Gasteiger partial charge on any atom is 0.138 e. The Morgan fingerprint density at radius 3 is 2.76 bits per heavy atom. The van der Waals surface area contributed by atoms with E-state index in [9.17, 15) is 4.39 Å². The molecule has 0 N–H and O–H groups in total. The lowest BCUT2D eigenvalue weighted by atomic mass is 10.2. The highest BCUT2D eigenvalue weighted by Gasteiger charge is 2.17. The van der Waals surface area contributed by atoms with Gasteiger partial charge in [-0.1, -0.05) is 23.7 Å². The first-order valence-corrected chi connectivity index (χ1v) is 8.20. The smallest absolute Gasteiger partial charge is 0.138 e. The van der Waals surface area contributed by atoms with Crippen molar-refractivity contribution in [3.05, 3.63) is 56.1 Å². The standard InChI is InChI=1S/C15H10Cl2FIN2/c1-8-3-2-4-9(17)15(8)21-13-5-10(18)11(19)6-12(13)20-14(21)7-16/h2-6H,7H2,1H3. The van der Waals surface area contributed by atoms with Crippen LogP contribution in [-0.4, -0.2) is 9.55 Å². The van der Waals surface area contributed by atoms with Gasteiger partial charge < -0.3 is 0 Å². The third kappa shape index (κ3) is 2.53. The number of halogens is 4. The van der Waals surface area contributed by atoms with Crippen LogP contribution in [0.25, 0.3) is 16.7 Å². The number of aromatic nitrogens is 2. The predicted octanol–water partition coefficient (Wildman–Crippen LogP) is 5.47. The van der Waals surface area contributed by atoms with Crippen LogP contribution in [0.5, 0.6) is 0 Å². The van der Waals surface area contributed by atoms with Crippen LogP contribution >= 0.6 is 45.8 Å². The van der Waals surface area contributed by atoms with Crippen LogP contribution < -0.4 is 0 Å². The minimum atomic E-state index is -0.282. The van der Waals surface area contributed by atoms with Gasteiger partial charge in [-0.2, -0.15) is 0 Å². The molecule has 0 saturated carbocycles. The zero-order chi connectivity index (χ0) is 15.1. The van der Waals surface area contributed by atoms with E-state index < -0.39 is 0 Å². The molecule has 6 heteroatoms. The highest BCUT2D eigenvalue weighted by Crippen LogP contribution is 2.31. The van der Waals surface area contributed by atoms with Crippen molar-refractivity contribution < 1.29 is 4.39 Å². The molecule has 0 bridgehead atoms. The van der Waals surface area contributed by atoms with Crippen LogP contribution in [-0.2, 0) is 5.88 Å². The number of imidazole rings is 1. The van der Waals surface area contributed by atoms with E-state index in [0.29, 0.717) is 25.5 Å². The van der Waals surface area contributed by atoms with Crippen molar-refractivity contribution in [3.63, 3.8) is 0 Å². The van der Waals surface area contributed by atoms with E-state index in [2.05, 4.69) is 4.98 Å². The van der Waals surface area contributed by atoms with Gasteiger partial charge in [-0.05, 0) is 47.2 Å². The third-order valence-corrected chi connectivity index (χ3v) is 4.67. The Kier molecular flexibility index (Phi) is 4.12. The second-order valence-electron chi connectivity index (χ2n) is 4.66. The summed E-state index contributed by atoms with van der Waals surface area (Å²) in [7, 11) is 0. The second kappa shape index (κ2) is 5.74. The molecule has 3 aromatic rings. The lowest BCUT2D eigenvalue weighted by molar-refractivity contribution is 0.621. The predicted molar refractivity (Wildman–Crippen MR) is 93.0 cm³/mol. The molecule has 0 spiro atoms. The average molecular weight is 435 g/mol. The molecule has 0 aliphatic heterocycles. The van der Waals surface area contributed by atoms with Gasteiger partial charge >= 0.3 is 0 Å². The molecule has 108 valence electrons. The maximum atomic E-state index is 13.9. The first-order chi connectivity index (χ1) is 10.0. The number of para-hydroxylation sites is 1. The van der Waals surface area contributed by atoms with Gasteiger partial charge in [0.05, 0.1) is 31.2 Å². The first-order valence-electron chi connectivity index (χ1n) is 6.20. The van der Waals surface area contributed by atoms with E-state index in [1.807, 2.05) is 46.2 Å². The Morgan fingerprint density at radius 2 is 2.10 bits per heavy atom. The monoisotopic (exact) mass is 434 g/mol. The number of aryl methyl sites for hydroxylation is 1. The minimum Gasteiger partial charge on any atom is -0.293 e. The molecule has 0 atom stereocenters. The summed E-state index contributed by atoms with van der Waals surface area (Å²) in [6.45, 7) is 1.95. The normalized spacial score (nSPS) is 11.3. The molecule has 2 nitrogen and oxygen atoms in total. The van der Waals surface area contributed by atoms with Crippen LogP contribution in [0.1, 0.15) is 11.4 Å². The fourth-order valence-electron chi connectivity index (χ4n) is 2.37. The van der Waals surface area contributed by atoms with Crippen LogP contribution in [0.15, 0.2) is 30.3 Å². The van der Waals surface area contributed by atoms with Crippen molar-refractivity contribution in [3.8, 4) is 5.69 Å². The second-order valence-corrected chi connectivity index (χ2v) is 6.49. The van der Waals surface area contributed by atoms with Crippen molar-refractivity contribution in [2.75, 3.05) is 0 Å². The Bertz CT molecular complexity index is 825. The summed E-state index contributed by atoms with van der Waals surface area (Å²) < 4.78 is 16.3. The number of nitrogens with zero attached hydrogens (tertiary/aromatic N) is 2. The quantitative estimate of drug-likeness (QED) is 0.386. The topological polar surface area (TPSA) is 17.8 Å². The number of hydrogen-bond donors (Lipinski definition) is 0. The summed E-state index contributed by atoms with van der Waals surface area (Å²) in [5.74, 6) is 0.580. The number of hydrogen-bond acceptors (Lipinski definition) is 1. The molecular formula is C15H10Cl2FIN2. The Hall–Kier alpha value is -0.850. The lowest BCUT2D eigenvalue weighted by Gasteiger charge is -2.13. The highest BCUT2D eigenvalue weighted by atomic mass is 127. The fraction of sp³-hybridized carbons (Fsp3) is 0.133. The Labute approximate surface area is 145 Å². The van der Waals surface area contributed by atoms with Gasteiger partial charge in [0.15, 0.2) is 0 Å². The molecule has 0 radical (unpaired) electrons. The molecule has 0 aliphatic carbocycles. The molecule has 0 aliphatic rings. The van der Waals surface area contributed by atoms with E-state index in [1.54, 1.807) is 12.1 Å². The summed E-state index contributed by atoms with van der Waals surface area (Å²) in [5, 5.41) is 0.583. The molecule has 0 fully saturated rings. The number of benzene rings is 2. The van der Waals surface area contributed by atoms with Crippen LogP contribution in [0.3, 0.4) is 0 Å². The van der Waals surface area contributed by atoms with Gasteiger partial charge in [0.2, 0.25) is 0 Å². The van der Waals surface area contributed by atoms with E-state index in [-0.39, 0.29) is 11.7 Å². The number of rotatable bonds is 2. The van der Waals surface area contributed by atoms with E-state index >= 15 is 0 Å². The van der Waals surface area contributed by atoms with Crippen molar-refractivity contribution in [1.29, 1.82) is 0 Å². The molecule has 0 saturated heterocycles. The van der Waals surface area contributed by atoms with Crippen molar-refractivity contribution in [2.24, 2.45) is 0 Å². The van der Waals surface area contributed by atoms with Crippen LogP contribution in [0.2, 0.25) is 5.02 Å². The zero-order valence-electron chi connectivity index (χ0n) is 11.0. The Balaban J connectivity index is 2.43. The van der Waals surface area contributed by atoms with Crippen molar-refractivity contribution in [2.45, 2.75) is 12.8 Å². The van der Waals surface area contributed by atoms with Crippen LogP contribution in [0.4, 0.5) is 4.39 Å². The van der Waals surface area contributed by atoms with Gasteiger partial charge in [-0.3, -0.25) is 4.57 Å². The summed E-state index contributed by atoms with van der Waals surface area (Å²) >= 11 is 14.3. The van der Waals surface area contributed by atoms with Gasteiger partial charge in [-0.15, -0.1) is 11.6 Å². The largest absolute Gasteiger partial charge is 0.293 e. The first kappa shape index (κ1) is 15.1. The number of alkyl halides is 1. The van der Waals surface area contributed by atoms with Crippen LogP contribution in [0, 0.1) is 16.3 Å². The molecule has 21 heavy (non-hydrogen) atoms. The molecule has 1 heterocycles. The fourth-order valence-corrected chi connectivity index (χ4v) is 3.30. The van der Waals surface area contributed by atoms with E-state index in [1.165, 1.54) is 6.07 Å². The Morgan fingerprint density at radius 1 is 1.33 bits per heavy atom. The van der Waals surface area contributed by atoms with Crippen molar-refractivity contribution in [1.82, 2.24) is 9.55 Å². The maximum absolute atomic E-state index is 13.9. The zero-order valence-corrected chi connectivity index (χ0v) is 14.7. The molecular weight excluding hydrogens is 425 g/mol. The highest BCUT2D eigenvalue weighted by molar-refractivity contribution is 14.1. The summed E-state index contributed by atoms with van der Waals surface area (Å²) in [6.07, 6.45) is 0. The van der Waals surface area contributed by atoms with Gasteiger partial charge in [-0.25, -0.2) is 9.37 Å². The minimum absolute atomic E-state index is 0.220. The molecule has 2 aromatic carbocycles. The summed E-state index contributed by atoms with van der Waals surface area (Å²) in [5.41, 5.74) is 3.14. The molecule has 3 rings (SSSR count). The van der Waals surface area contributed by atoms with Gasteiger partial charge in [0.1, 0.15) is 11.6 Å². The van der Waals surface area contributed by atoms with E-state index in [0.717, 1.165) is 11.3 Å². The van der Waals surface area contributed by atoms with Gasteiger partial charge in [0.25, 0.3) is 0 Å². The SMILES string of the molecule is Cc1cccc(Cl)c1-n1c(CCl)nc2cc(I)c(F)cc21. The third-order valence-electron chi connectivity index (χ3n) is 3.30. The molecule has 1 aromatic heterocycles. The lowest BCUT2D eigenvalue weighted by Crippen LogP contribution is -2.02. The van der Waals surface area contributed by atoms with Crippen molar-refractivity contribution >= 4 is 56.8 Å². The molecule has 0 unspecified atom stereocenters. The molecule has 0 amide bonds. The summed E-state index contributed by atoms with van der Waals surface area (Å²) in [4.78, 5) is 4.49. The summed E-state index contributed by atoms with van der Waals surface area (Å²) in [6, 6.07) is 8.82. The average Bonchev–Trinajstić information content (AvgIpc) is 2.77.